The van der Waals surface area contributed by atoms with E-state index in [1.165, 1.54) is 83.5 Å². The fraction of sp³-hybridized carbons (Fsp3) is 0.923. The Morgan fingerprint density at radius 3 is 1.77 bits per heavy atom. The zero-order chi connectivity index (χ0) is 22.3. The van der Waals surface area contributed by atoms with Crippen LogP contribution >= 0.6 is 7.60 Å². The normalized spacial score (nSPS) is 14.9. The van der Waals surface area contributed by atoms with Gasteiger partial charge >= 0.3 is 7.60 Å². The van der Waals surface area contributed by atoms with Crippen LogP contribution in [0, 0.1) is 5.92 Å². The summed E-state index contributed by atoms with van der Waals surface area (Å²) < 4.78 is 17.6. The first-order valence-corrected chi connectivity index (χ1v) is 14.9. The van der Waals surface area contributed by atoms with Gasteiger partial charge in [0.1, 0.15) is 0 Å². The van der Waals surface area contributed by atoms with Crippen molar-refractivity contribution >= 4 is 7.60 Å². The topological polar surface area (TPSA) is 46.5 Å². The van der Waals surface area contributed by atoms with Crippen LogP contribution in [0.25, 0.3) is 0 Å². The second kappa shape index (κ2) is 22.1. The molecule has 0 spiro atoms. The predicted octanol–water partition coefficient (Wildman–Crippen LogP) is 9.44. The molecule has 2 unspecified atom stereocenters. The Balaban J connectivity index is 3.49. The first kappa shape index (κ1) is 29.9. The average Bonchev–Trinajstić information content (AvgIpc) is 2.73. The highest BCUT2D eigenvalue weighted by Crippen LogP contribution is 2.43. The maximum atomic E-state index is 12.2. The molecule has 2 atom stereocenters. The quantitative estimate of drug-likeness (QED) is 0.0969. The fourth-order valence-electron chi connectivity index (χ4n) is 3.74. The third kappa shape index (κ3) is 21.1. The first-order chi connectivity index (χ1) is 14.6. The van der Waals surface area contributed by atoms with Gasteiger partial charge in [-0.2, -0.15) is 0 Å². The Kier molecular flexibility index (Phi) is 22.0. The highest BCUT2D eigenvalue weighted by atomic mass is 31.2. The van der Waals surface area contributed by atoms with E-state index in [9.17, 15) is 9.46 Å². The maximum Gasteiger partial charge on any atom is 0.328 e. The fourth-order valence-corrected chi connectivity index (χ4v) is 4.94. The molecule has 0 aromatic rings. The maximum absolute atomic E-state index is 12.2. The summed E-state index contributed by atoms with van der Waals surface area (Å²) >= 11 is 0. The van der Waals surface area contributed by atoms with Gasteiger partial charge in [0.2, 0.25) is 0 Å². The van der Waals surface area contributed by atoms with Gasteiger partial charge in [-0.15, -0.1) is 0 Å². The lowest BCUT2D eigenvalue weighted by atomic mass is 10.0. The Morgan fingerprint density at radius 2 is 1.23 bits per heavy atom. The molecule has 0 aromatic carbocycles. The van der Waals surface area contributed by atoms with Crippen LogP contribution in [0.15, 0.2) is 12.2 Å². The van der Waals surface area contributed by atoms with E-state index in [0.717, 1.165) is 32.1 Å². The standard InChI is InChI=1S/C26H53O3P/c1-4-7-9-10-11-12-13-14-15-16-17-18-19-20-21-22-24-30(27,28)29-25-26(6-3)23-8-5-2/h14-15,26H,4-13,16-25H2,1-3H3,(H,27,28)/b15-14-. The van der Waals surface area contributed by atoms with Crippen molar-refractivity contribution in [1.29, 1.82) is 0 Å². The van der Waals surface area contributed by atoms with Crippen LogP contribution in [-0.4, -0.2) is 17.7 Å². The Hall–Kier alpha value is -0.110. The van der Waals surface area contributed by atoms with Gasteiger partial charge in [0.15, 0.2) is 0 Å². The molecule has 0 rings (SSSR count). The van der Waals surface area contributed by atoms with E-state index in [0.29, 0.717) is 18.7 Å². The van der Waals surface area contributed by atoms with Crippen molar-refractivity contribution in [2.75, 3.05) is 12.8 Å². The van der Waals surface area contributed by atoms with Crippen molar-refractivity contribution < 1.29 is 14.0 Å². The van der Waals surface area contributed by atoms with Crippen molar-refractivity contribution in [3.63, 3.8) is 0 Å². The summed E-state index contributed by atoms with van der Waals surface area (Å²) in [5, 5.41) is 0. The molecule has 0 radical (unpaired) electrons. The smallest absolute Gasteiger partial charge is 0.324 e. The van der Waals surface area contributed by atoms with Gasteiger partial charge in [0, 0.05) is 6.16 Å². The summed E-state index contributed by atoms with van der Waals surface area (Å²) in [6, 6.07) is 0. The molecule has 3 nitrogen and oxygen atoms in total. The van der Waals surface area contributed by atoms with Gasteiger partial charge in [-0.25, -0.2) is 0 Å². The highest BCUT2D eigenvalue weighted by molar-refractivity contribution is 7.52. The number of unbranched alkanes of at least 4 members (excludes halogenated alkanes) is 13. The first-order valence-electron chi connectivity index (χ1n) is 13.2. The molecule has 0 aromatic heterocycles. The third-order valence-corrected chi connectivity index (χ3v) is 7.44. The molecule has 0 aliphatic carbocycles. The van der Waals surface area contributed by atoms with Crippen LogP contribution in [0.4, 0.5) is 0 Å². The summed E-state index contributed by atoms with van der Waals surface area (Å²) in [4.78, 5) is 10.0. The lowest BCUT2D eigenvalue weighted by molar-refractivity contribution is 0.203. The van der Waals surface area contributed by atoms with E-state index in [-0.39, 0.29) is 0 Å². The van der Waals surface area contributed by atoms with Crippen LogP contribution in [0.3, 0.4) is 0 Å². The lowest BCUT2D eigenvalue weighted by Gasteiger charge is -2.18. The van der Waals surface area contributed by atoms with Gasteiger partial charge in [0.05, 0.1) is 6.61 Å². The Labute approximate surface area is 189 Å². The molecular formula is C26H53O3P. The molecule has 0 aliphatic rings. The number of allylic oxidation sites excluding steroid dienone is 2. The molecule has 0 fully saturated rings. The number of rotatable bonds is 23. The molecule has 0 aliphatic heterocycles. The summed E-state index contributed by atoms with van der Waals surface area (Å²) in [6.45, 7) is 7.02. The molecule has 0 heterocycles. The number of hydrogen-bond donors (Lipinski definition) is 1. The lowest BCUT2D eigenvalue weighted by Crippen LogP contribution is -2.08. The molecule has 1 N–H and O–H groups in total. The van der Waals surface area contributed by atoms with Crippen molar-refractivity contribution in [3.8, 4) is 0 Å². The minimum Gasteiger partial charge on any atom is -0.324 e. The van der Waals surface area contributed by atoms with Gasteiger partial charge in [0.25, 0.3) is 0 Å². The van der Waals surface area contributed by atoms with Crippen molar-refractivity contribution in [1.82, 2.24) is 0 Å². The zero-order valence-electron chi connectivity index (χ0n) is 20.6. The summed E-state index contributed by atoms with van der Waals surface area (Å²) in [5.74, 6) is 0.422. The molecular weight excluding hydrogens is 391 g/mol. The predicted molar refractivity (Wildman–Crippen MR) is 133 cm³/mol. The van der Waals surface area contributed by atoms with Crippen molar-refractivity contribution in [3.05, 3.63) is 12.2 Å². The molecule has 30 heavy (non-hydrogen) atoms. The molecule has 180 valence electrons. The van der Waals surface area contributed by atoms with Gasteiger partial charge in [-0.1, -0.05) is 110 Å². The molecule has 0 amide bonds. The molecule has 0 saturated carbocycles. The molecule has 4 heteroatoms. The minimum atomic E-state index is -3.39. The van der Waals surface area contributed by atoms with Crippen molar-refractivity contribution in [2.24, 2.45) is 5.92 Å². The SMILES string of the molecule is CCCCCCCC/C=C\CCCCCCCCP(=O)(O)OCC(CC)CCCC. The summed E-state index contributed by atoms with van der Waals surface area (Å²) in [7, 11) is -3.39. The summed E-state index contributed by atoms with van der Waals surface area (Å²) in [5.41, 5.74) is 0. The van der Waals surface area contributed by atoms with E-state index in [1.54, 1.807) is 0 Å². The van der Waals surface area contributed by atoms with Gasteiger partial charge < -0.3 is 9.42 Å². The Morgan fingerprint density at radius 1 is 0.733 bits per heavy atom. The van der Waals surface area contributed by atoms with Gasteiger partial charge in [-0.05, 0) is 44.4 Å². The van der Waals surface area contributed by atoms with Crippen LogP contribution < -0.4 is 0 Å². The van der Waals surface area contributed by atoms with E-state index < -0.39 is 7.60 Å². The van der Waals surface area contributed by atoms with Crippen LogP contribution in [0.5, 0.6) is 0 Å². The average molecular weight is 445 g/mol. The van der Waals surface area contributed by atoms with Crippen LogP contribution in [0.1, 0.15) is 136 Å². The third-order valence-electron chi connectivity index (χ3n) is 6.01. The van der Waals surface area contributed by atoms with E-state index in [4.69, 9.17) is 4.52 Å². The summed E-state index contributed by atoms with van der Waals surface area (Å²) in [6.07, 6.45) is 27.0. The second-order valence-corrected chi connectivity index (χ2v) is 11.0. The van der Waals surface area contributed by atoms with E-state index in [1.807, 2.05) is 0 Å². The molecule has 0 saturated heterocycles. The van der Waals surface area contributed by atoms with Crippen LogP contribution in [-0.2, 0) is 9.09 Å². The van der Waals surface area contributed by atoms with E-state index in [2.05, 4.69) is 32.9 Å². The zero-order valence-corrected chi connectivity index (χ0v) is 21.5. The Bertz CT molecular complexity index is 423. The van der Waals surface area contributed by atoms with Gasteiger partial charge in [-0.3, -0.25) is 4.57 Å². The monoisotopic (exact) mass is 444 g/mol. The van der Waals surface area contributed by atoms with E-state index >= 15 is 0 Å². The largest absolute Gasteiger partial charge is 0.328 e. The number of hydrogen-bond acceptors (Lipinski definition) is 2. The van der Waals surface area contributed by atoms with Crippen molar-refractivity contribution in [2.45, 2.75) is 136 Å². The second-order valence-electron chi connectivity index (χ2n) is 9.01. The molecule has 0 bridgehead atoms. The highest BCUT2D eigenvalue weighted by Gasteiger charge is 2.20. The van der Waals surface area contributed by atoms with Crippen LogP contribution in [0.2, 0.25) is 0 Å². The minimum absolute atomic E-state index is 0.318.